The first-order chi connectivity index (χ1) is 38.1. The van der Waals surface area contributed by atoms with E-state index in [1.807, 2.05) is 24.8 Å². The van der Waals surface area contributed by atoms with Crippen LogP contribution >= 0.6 is 28.9 Å². The maximum atomic E-state index is 13.5. The van der Waals surface area contributed by atoms with Crippen molar-refractivity contribution in [1.29, 1.82) is 0 Å². The molecule has 482 valence electrons. The number of carbonyl (C=O) groups is 4. The normalized spacial score (nSPS) is 23.9. The van der Waals surface area contributed by atoms with Gasteiger partial charge in [0.1, 0.15) is 0 Å². The Morgan fingerprint density at radius 1 is 0.314 bits per heavy atom. The van der Waals surface area contributed by atoms with E-state index in [1.54, 1.807) is 0 Å². The van der Waals surface area contributed by atoms with E-state index in [4.69, 9.17) is 28.9 Å². The van der Waals surface area contributed by atoms with Gasteiger partial charge in [-0.3, -0.25) is 19.2 Å². The summed E-state index contributed by atoms with van der Waals surface area (Å²) in [6.45, 7) is 51.6. The van der Waals surface area contributed by atoms with E-state index in [0.29, 0.717) is 0 Å². The monoisotopic (exact) mass is 1380 g/mol. The van der Waals surface area contributed by atoms with E-state index < -0.39 is 13.2 Å². The molecule has 0 aromatic carbocycles. The summed E-state index contributed by atoms with van der Waals surface area (Å²) in [4.78, 5) is 54.0. The van der Waals surface area contributed by atoms with Crippen LogP contribution in [0.25, 0.3) is 0 Å². The largest absolute Gasteiger partial charge is 0 e. The molecule has 6 aliphatic rings. The summed E-state index contributed by atoms with van der Waals surface area (Å²) >= 11 is -2.06. The predicted octanol–water partition coefficient (Wildman–Crippen LogP) is 18.3. The molecule has 0 aliphatic heterocycles. The van der Waals surface area contributed by atoms with Crippen LogP contribution in [-0.2, 0) is 52.7 Å². The van der Waals surface area contributed by atoms with Crippen LogP contribution in [0.1, 0.15) is 218 Å². The van der Waals surface area contributed by atoms with E-state index in [1.165, 1.54) is 22.3 Å². The molecule has 6 rings (SSSR count). The second-order valence-electron chi connectivity index (χ2n) is 32.3. The number of halogens is 3. The minimum atomic E-state index is -2.06. The Labute approximate surface area is 560 Å². The average molecular weight is 1390 g/mol. The van der Waals surface area contributed by atoms with Gasteiger partial charge in [0, 0.05) is 127 Å². The fourth-order valence-electron chi connectivity index (χ4n) is 10.8. The smallest absolute Gasteiger partial charge is 0 e. The Bertz CT molecular complexity index is 2500. The van der Waals surface area contributed by atoms with Crippen molar-refractivity contribution in [3.63, 3.8) is 0 Å². The Kier molecular flexibility index (Phi) is 28.7. The van der Waals surface area contributed by atoms with Crippen LogP contribution in [-0.4, -0.2) is 60.5 Å². The van der Waals surface area contributed by atoms with E-state index in [2.05, 4.69) is 236 Å². The molecule has 6 aliphatic carbocycles. The molecule has 0 aromatic rings. The molecule has 0 amide bonds. The second kappa shape index (κ2) is 31.1. The number of rotatable bonds is 8. The van der Waals surface area contributed by atoms with Crippen LogP contribution in [0, 0.1) is 43.3 Å². The van der Waals surface area contributed by atoms with Crippen molar-refractivity contribution >= 4 is 65.3 Å². The Morgan fingerprint density at radius 3 is 0.593 bits per heavy atom. The van der Waals surface area contributed by atoms with Gasteiger partial charge in [-0.15, -0.1) is 0 Å². The molecule has 14 heteroatoms. The molecule has 4 atom stereocenters. The third kappa shape index (κ3) is 22.9. The second-order valence-corrected chi connectivity index (χ2v) is 43.6. The van der Waals surface area contributed by atoms with E-state index in [0.717, 1.165) is 96.0 Å². The van der Waals surface area contributed by atoms with Gasteiger partial charge in [-0.2, -0.15) is 0 Å². The van der Waals surface area contributed by atoms with Gasteiger partial charge in [0.25, 0.3) is 0 Å². The summed E-state index contributed by atoms with van der Waals surface area (Å²) in [5, 5.41) is 14.5. The number of ketones is 4. The molecule has 86 heavy (non-hydrogen) atoms. The van der Waals surface area contributed by atoms with Crippen LogP contribution in [0.4, 0.5) is 0 Å². The summed E-state index contributed by atoms with van der Waals surface area (Å²) in [7, 11) is 15.0. The summed E-state index contributed by atoms with van der Waals surface area (Å²) in [6, 6.07) is 0.681. The predicted molar refractivity (Wildman–Crippen MR) is 361 cm³/mol. The Hall–Kier alpha value is -2.72. The molecule has 8 nitrogen and oxygen atoms in total. The summed E-state index contributed by atoms with van der Waals surface area (Å²) in [5.74, 6) is 0.406. The van der Waals surface area contributed by atoms with Crippen LogP contribution in [0.2, 0.25) is 0 Å². The Morgan fingerprint density at radius 2 is 0.465 bits per heavy atom. The van der Waals surface area contributed by atoms with Gasteiger partial charge in [-0.1, -0.05) is 216 Å². The summed E-state index contributed by atoms with van der Waals surface area (Å²) < 4.78 is 0. The van der Waals surface area contributed by atoms with Crippen LogP contribution in [0.15, 0.2) is 140 Å². The van der Waals surface area contributed by atoms with Crippen molar-refractivity contribution in [1.82, 2.24) is 21.3 Å². The molecule has 2 saturated carbocycles. The van der Waals surface area contributed by atoms with Gasteiger partial charge in [0.15, 0.2) is 23.1 Å². The summed E-state index contributed by atoms with van der Waals surface area (Å²) in [6.07, 6.45) is 33.0. The summed E-state index contributed by atoms with van der Waals surface area (Å²) in [5.41, 5.74) is 9.90. The third-order valence-corrected chi connectivity index (χ3v) is 16.5. The van der Waals surface area contributed by atoms with Crippen LogP contribution in [0.5, 0.6) is 0 Å². The fraction of sp³-hybridized carbons (Fsp3) is 0.611. The van der Waals surface area contributed by atoms with Gasteiger partial charge in [-0.05, 0) is 116 Å². The van der Waals surface area contributed by atoms with Crippen molar-refractivity contribution in [2.24, 2.45) is 43.3 Å². The first kappa shape index (κ1) is 79.4. The molecule has 4 N–H and O–H groups in total. The number of carbonyl (C=O) groups excluding carboxylic acids is 4. The zero-order valence-corrected chi connectivity index (χ0v) is 63.7. The quantitative estimate of drug-likeness (QED) is 0.140. The molecule has 2 fully saturated rings. The van der Waals surface area contributed by atoms with Crippen LogP contribution < -0.4 is 21.3 Å². The molecular formula is C72H108Cl3Co2GaN4O4. The minimum Gasteiger partial charge on any atom is 0 e. The van der Waals surface area contributed by atoms with Crippen molar-refractivity contribution in [3.05, 3.63) is 140 Å². The standard InChI is InChI=1S/2C36H54N2O2.3ClH.2Co.Ga/c2*1-33(2,3)25-17-23(31(39)27(19-25)35(7,8)9)21-37-29-15-13-14-16-30(29)38-22-24-18-26(34(4,5)6)20-28(32(24)40)36(10,11)12;;;;;;/h2*17-22,29-30,37-38H,13-16H2,1-12H3;3*1H;;;/q;;;;;;;+3/p-3/b2*23-21-,24-22-;;;;;;/t2*29-,30-;;;;;;/m11....../s1. The van der Waals surface area contributed by atoms with Crippen molar-refractivity contribution in [3.8, 4) is 0 Å². The molecular weight excluding hydrogens is 1280 g/mol. The number of hydrogen-bond donors (Lipinski definition) is 4. The molecule has 0 saturated heterocycles. The third-order valence-electron chi connectivity index (χ3n) is 16.5. The molecule has 0 unspecified atom stereocenters. The van der Waals surface area contributed by atoms with E-state index >= 15 is 0 Å². The van der Waals surface area contributed by atoms with Gasteiger partial charge >= 0.3 is 42.1 Å². The van der Waals surface area contributed by atoms with E-state index in [9.17, 15) is 19.2 Å². The fourth-order valence-corrected chi connectivity index (χ4v) is 10.8. The zero-order chi connectivity index (χ0) is 64.1. The van der Waals surface area contributed by atoms with Gasteiger partial charge in [0.2, 0.25) is 0 Å². The van der Waals surface area contributed by atoms with Gasteiger partial charge in [0.05, 0.1) is 0 Å². The topological polar surface area (TPSA) is 116 Å². The van der Waals surface area contributed by atoms with Gasteiger partial charge < -0.3 is 21.3 Å². The number of allylic oxidation sites excluding steroid dienone is 20. The molecule has 0 spiro atoms. The molecule has 2 radical (unpaired) electrons. The number of nitrogens with one attached hydrogen (secondary N) is 4. The number of hydrogen-bond acceptors (Lipinski definition) is 8. The average Bonchev–Trinajstić information content (AvgIpc) is 2.21. The Balaban J connectivity index is 0.000000540. The molecule has 0 aromatic heterocycles. The van der Waals surface area contributed by atoms with Gasteiger partial charge in [-0.25, -0.2) is 0 Å². The van der Waals surface area contributed by atoms with E-state index in [-0.39, 0.29) is 124 Å². The molecule has 0 heterocycles. The first-order valence-electron chi connectivity index (χ1n) is 30.9. The zero-order valence-electron chi connectivity index (χ0n) is 56.9. The maximum absolute atomic E-state index is 13.5. The maximum Gasteiger partial charge on any atom is 0 e. The van der Waals surface area contributed by atoms with Crippen molar-refractivity contribution < 1.29 is 52.7 Å². The van der Waals surface area contributed by atoms with Crippen LogP contribution in [0.3, 0.4) is 0 Å². The SMILES string of the molecule is CC(C)(C)C1=C/C(=C/N[C@@H]2CCCC[C@H]2N/C=C2/C=C(C(C)(C)C)C=C(C(C)(C)C)C2=O)C(=O)C(C(C)(C)C)=C1.CC(C)(C)C1=C/C(=C/N[C@@H]2CCCC[C@H]2N/C=C2/C=C(C(C)(C)C)C=C(C(C)(C)C)C2=O)C(=O)C(C(C)(C)C)=C1.[Cl][Ga]([Cl])[Cl].[Co].[Co]. The first-order valence-corrected chi connectivity index (χ1v) is 40.4. The minimum absolute atomic E-state index is 0. The molecule has 0 bridgehead atoms. The number of Topliss-reactive ketones (excluding diaryl/α,β-unsaturated/α-hetero) is 4. The van der Waals surface area contributed by atoms with Crippen molar-refractivity contribution in [2.75, 3.05) is 0 Å². The van der Waals surface area contributed by atoms with Crippen molar-refractivity contribution in [2.45, 2.75) is 242 Å².